The van der Waals surface area contributed by atoms with Gasteiger partial charge in [0.25, 0.3) is 0 Å². The summed E-state index contributed by atoms with van der Waals surface area (Å²) >= 11 is 0. The molecule has 0 aliphatic rings. The van der Waals surface area contributed by atoms with E-state index < -0.39 is 29.7 Å². The molecule has 4 N–H and O–H groups in total. The number of phenolic OH excluding ortho intramolecular Hbond substituents is 1. The molecule has 2 atom stereocenters. The van der Waals surface area contributed by atoms with E-state index >= 15 is 0 Å². The van der Waals surface area contributed by atoms with Gasteiger partial charge in [-0.2, -0.15) is 0 Å². The predicted octanol–water partition coefficient (Wildman–Crippen LogP) is 4.31. The quantitative estimate of drug-likeness (QED) is 0.273. The number of hydrogen-bond acceptors (Lipinski definition) is 6. The summed E-state index contributed by atoms with van der Waals surface area (Å²) in [4.78, 5) is 42.0. The fraction of sp³-hybridized carbons (Fsp3) is 0.516. The standard InChI is InChI=1S/C31H45N3O6/c1-7-8-9-14-32-28(37)27(24-18-21(2)17-22(3)19-24)34(15-16-35)29(38)26(33-30(39)40-31(4,5)6)20-23-10-12-25(36)13-11-23/h10-13,17-19,26-27,35-36H,7-9,14-16,20H2,1-6H3,(H,32,37)(H,33,39). The molecule has 0 aliphatic heterocycles. The highest BCUT2D eigenvalue weighted by atomic mass is 16.6. The van der Waals surface area contributed by atoms with Crippen molar-refractivity contribution in [3.05, 3.63) is 64.7 Å². The second-order valence-corrected chi connectivity index (χ2v) is 11.1. The fourth-order valence-electron chi connectivity index (χ4n) is 4.52. The second kappa shape index (κ2) is 15.3. The zero-order chi connectivity index (χ0) is 29.9. The third-order valence-corrected chi connectivity index (χ3v) is 6.19. The van der Waals surface area contributed by atoms with Crippen LogP contribution in [0.25, 0.3) is 0 Å². The number of unbranched alkanes of at least 4 members (excludes halogenated alkanes) is 2. The molecule has 220 valence electrons. The van der Waals surface area contributed by atoms with E-state index in [0.717, 1.165) is 30.4 Å². The number of nitrogens with one attached hydrogen (secondary N) is 2. The number of nitrogens with zero attached hydrogens (tertiary/aromatic N) is 1. The number of hydrogen-bond donors (Lipinski definition) is 4. The summed E-state index contributed by atoms with van der Waals surface area (Å²) in [5, 5.41) is 25.3. The summed E-state index contributed by atoms with van der Waals surface area (Å²) in [5.74, 6) is -0.826. The third kappa shape index (κ3) is 10.5. The number of benzene rings is 2. The summed E-state index contributed by atoms with van der Waals surface area (Å²) in [6.45, 7) is 11.0. The molecule has 2 aromatic rings. The average Bonchev–Trinajstić information content (AvgIpc) is 2.85. The number of aromatic hydroxyl groups is 1. The van der Waals surface area contributed by atoms with Crippen LogP contribution in [0.15, 0.2) is 42.5 Å². The lowest BCUT2D eigenvalue weighted by Crippen LogP contribution is -2.54. The van der Waals surface area contributed by atoms with Crippen molar-refractivity contribution in [2.75, 3.05) is 19.7 Å². The molecule has 0 aliphatic carbocycles. The molecule has 0 fully saturated rings. The average molecular weight is 556 g/mol. The van der Waals surface area contributed by atoms with E-state index in [-0.39, 0.29) is 31.2 Å². The van der Waals surface area contributed by atoms with Gasteiger partial charge < -0.3 is 30.5 Å². The fourth-order valence-corrected chi connectivity index (χ4v) is 4.52. The highest BCUT2D eigenvalue weighted by Crippen LogP contribution is 2.26. The van der Waals surface area contributed by atoms with Gasteiger partial charge in [-0.15, -0.1) is 0 Å². The van der Waals surface area contributed by atoms with Crippen molar-refractivity contribution in [2.45, 2.75) is 84.9 Å². The van der Waals surface area contributed by atoms with E-state index in [1.807, 2.05) is 32.0 Å². The number of rotatable bonds is 13. The monoisotopic (exact) mass is 555 g/mol. The number of carbonyl (C=O) groups excluding carboxylic acids is 3. The maximum atomic E-state index is 14.2. The molecule has 0 saturated heterocycles. The Bertz CT molecular complexity index is 1110. The van der Waals surface area contributed by atoms with E-state index in [1.165, 1.54) is 17.0 Å². The molecule has 9 nitrogen and oxygen atoms in total. The van der Waals surface area contributed by atoms with Crippen molar-refractivity contribution in [3.8, 4) is 5.75 Å². The van der Waals surface area contributed by atoms with Crippen LogP contribution in [0, 0.1) is 13.8 Å². The van der Waals surface area contributed by atoms with Gasteiger partial charge >= 0.3 is 6.09 Å². The lowest BCUT2D eigenvalue weighted by molar-refractivity contribution is -0.143. The lowest BCUT2D eigenvalue weighted by atomic mass is 9.97. The molecular formula is C31H45N3O6. The Morgan fingerprint density at radius 2 is 1.62 bits per heavy atom. The molecule has 0 bridgehead atoms. The van der Waals surface area contributed by atoms with Crippen LogP contribution in [-0.4, -0.2) is 64.4 Å². The van der Waals surface area contributed by atoms with Crippen molar-refractivity contribution in [2.24, 2.45) is 0 Å². The maximum Gasteiger partial charge on any atom is 0.408 e. The van der Waals surface area contributed by atoms with E-state index in [1.54, 1.807) is 32.9 Å². The minimum absolute atomic E-state index is 0.0725. The predicted molar refractivity (Wildman–Crippen MR) is 155 cm³/mol. The number of ether oxygens (including phenoxy) is 1. The van der Waals surface area contributed by atoms with Crippen molar-refractivity contribution in [3.63, 3.8) is 0 Å². The first kappa shape index (κ1) is 32.6. The van der Waals surface area contributed by atoms with Gasteiger partial charge in [-0.25, -0.2) is 4.79 Å². The number of amides is 3. The molecule has 0 radical (unpaired) electrons. The highest BCUT2D eigenvalue weighted by Gasteiger charge is 2.36. The van der Waals surface area contributed by atoms with E-state index in [4.69, 9.17) is 4.74 Å². The van der Waals surface area contributed by atoms with Crippen molar-refractivity contribution < 1.29 is 29.3 Å². The Hall–Kier alpha value is -3.59. The summed E-state index contributed by atoms with van der Waals surface area (Å²) in [5.41, 5.74) is 2.38. The number of aliphatic hydroxyl groups is 1. The summed E-state index contributed by atoms with van der Waals surface area (Å²) in [7, 11) is 0. The number of carbonyl (C=O) groups is 3. The first-order valence-corrected chi connectivity index (χ1v) is 13.9. The largest absolute Gasteiger partial charge is 0.508 e. The first-order valence-electron chi connectivity index (χ1n) is 13.9. The second-order valence-electron chi connectivity index (χ2n) is 11.1. The van der Waals surface area contributed by atoms with Crippen LogP contribution in [0.1, 0.15) is 75.3 Å². The van der Waals surface area contributed by atoms with Crippen LogP contribution >= 0.6 is 0 Å². The molecule has 0 saturated carbocycles. The Kier molecular flexibility index (Phi) is 12.4. The van der Waals surface area contributed by atoms with Crippen LogP contribution in [0.4, 0.5) is 4.79 Å². The molecule has 2 rings (SSSR count). The zero-order valence-corrected chi connectivity index (χ0v) is 24.6. The summed E-state index contributed by atoms with van der Waals surface area (Å²) in [6, 6.07) is 9.88. The summed E-state index contributed by atoms with van der Waals surface area (Å²) in [6.07, 6.45) is 2.07. The molecule has 2 unspecified atom stereocenters. The van der Waals surface area contributed by atoms with Gasteiger partial charge in [-0.1, -0.05) is 61.2 Å². The van der Waals surface area contributed by atoms with Crippen LogP contribution < -0.4 is 10.6 Å². The molecule has 0 spiro atoms. The zero-order valence-electron chi connectivity index (χ0n) is 24.6. The number of aryl methyl sites for hydroxylation is 2. The van der Waals surface area contributed by atoms with E-state index in [9.17, 15) is 24.6 Å². The lowest BCUT2D eigenvalue weighted by Gasteiger charge is -2.34. The van der Waals surface area contributed by atoms with Gasteiger partial charge in [0.15, 0.2) is 0 Å². The Morgan fingerprint density at radius 1 is 1.00 bits per heavy atom. The van der Waals surface area contributed by atoms with E-state index in [2.05, 4.69) is 17.6 Å². The van der Waals surface area contributed by atoms with Gasteiger partial charge in [0.2, 0.25) is 11.8 Å². The molecule has 9 heteroatoms. The smallest absolute Gasteiger partial charge is 0.408 e. The normalized spacial score (nSPS) is 12.8. The molecular weight excluding hydrogens is 510 g/mol. The van der Waals surface area contributed by atoms with Crippen molar-refractivity contribution in [1.29, 1.82) is 0 Å². The molecule has 0 heterocycles. The summed E-state index contributed by atoms with van der Waals surface area (Å²) < 4.78 is 5.43. The number of phenols is 1. The Labute approximate surface area is 237 Å². The van der Waals surface area contributed by atoms with Gasteiger partial charge in [0.05, 0.1) is 6.61 Å². The van der Waals surface area contributed by atoms with Gasteiger partial charge in [0, 0.05) is 19.5 Å². The first-order chi connectivity index (χ1) is 18.8. The van der Waals surface area contributed by atoms with Crippen LogP contribution in [0.2, 0.25) is 0 Å². The van der Waals surface area contributed by atoms with Crippen LogP contribution in [0.5, 0.6) is 5.75 Å². The maximum absolute atomic E-state index is 14.2. The van der Waals surface area contributed by atoms with Gasteiger partial charge in [-0.3, -0.25) is 9.59 Å². The SMILES string of the molecule is CCCCCNC(=O)C(c1cc(C)cc(C)c1)N(CCO)C(=O)C(Cc1ccc(O)cc1)NC(=O)OC(C)(C)C. The van der Waals surface area contributed by atoms with Crippen molar-refractivity contribution in [1.82, 2.24) is 15.5 Å². The molecule has 2 aromatic carbocycles. The minimum Gasteiger partial charge on any atom is -0.508 e. The molecule has 0 aromatic heterocycles. The minimum atomic E-state index is -1.10. The number of aliphatic hydroxyl groups excluding tert-OH is 1. The highest BCUT2D eigenvalue weighted by molar-refractivity contribution is 5.92. The Balaban J connectivity index is 2.52. The molecule has 3 amide bonds. The van der Waals surface area contributed by atoms with Crippen molar-refractivity contribution >= 4 is 17.9 Å². The van der Waals surface area contributed by atoms with Gasteiger partial charge in [-0.05, 0) is 64.3 Å². The molecule has 40 heavy (non-hydrogen) atoms. The topological polar surface area (TPSA) is 128 Å². The third-order valence-electron chi connectivity index (χ3n) is 6.19. The Morgan fingerprint density at radius 3 is 2.17 bits per heavy atom. The van der Waals surface area contributed by atoms with Gasteiger partial charge in [0.1, 0.15) is 23.4 Å². The van der Waals surface area contributed by atoms with E-state index in [0.29, 0.717) is 17.7 Å². The van der Waals surface area contributed by atoms with Crippen LogP contribution in [-0.2, 0) is 20.7 Å². The number of alkyl carbamates (subject to hydrolysis) is 1. The van der Waals surface area contributed by atoms with Crippen LogP contribution in [0.3, 0.4) is 0 Å².